The Balaban J connectivity index is 2.65. The van der Waals surface area contributed by atoms with Crippen molar-refractivity contribution >= 4 is 11.6 Å². The molecule has 6 nitrogen and oxygen atoms in total. The molecule has 0 atom stereocenters. The second kappa shape index (κ2) is 6.95. The summed E-state index contributed by atoms with van der Waals surface area (Å²) in [5.74, 6) is -0.181. The minimum atomic E-state index is -0.406. The molecule has 1 heterocycles. The summed E-state index contributed by atoms with van der Waals surface area (Å²) < 4.78 is 8.40. The second-order valence-corrected chi connectivity index (χ2v) is 7.09. The van der Waals surface area contributed by atoms with Crippen LogP contribution in [0.4, 0.5) is 0 Å². The van der Waals surface area contributed by atoms with E-state index in [0.717, 1.165) is 0 Å². The molecule has 2 aromatic rings. The maximum absolute atomic E-state index is 12.8. The van der Waals surface area contributed by atoms with Crippen molar-refractivity contribution in [3.8, 4) is 17.6 Å². The van der Waals surface area contributed by atoms with Gasteiger partial charge in [0, 0.05) is 6.54 Å². The number of halogens is 1. The molecule has 134 valence electrons. The van der Waals surface area contributed by atoms with E-state index in [1.54, 1.807) is 13.0 Å². The van der Waals surface area contributed by atoms with Crippen molar-refractivity contribution < 1.29 is 9.84 Å². The van der Waals surface area contributed by atoms with E-state index in [-0.39, 0.29) is 23.2 Å². The zero-order valence-electron chi connectivity index (χ0n) is 15.1. The predicted octanol–water partition coefficient (Wildman–Crippen LogP) is 3.51. The number of ether oxygens (including phenoxy) is 1. The standard InChI is InChI=1S/C18H22ClN3O3/c1-6-21-14(10-25-18(3,4)5)16(23)22(17(21)24)13-8-7-12(9-20)15(19)11(13)2/h7-8,23H,6,10H2,1-5H3. The fraction of sp³-hybridized carbons (Fsp3) is 0.444. The maximum Gasteiger partial charge on any atom is 0.335 e. The minimum Gasteiger partial charge on any atom is -0.493 e. The van der Waals surface area contributed by atoms with Crippen LogP contribution < -0.4 is 5.69 Å². The van der Waals surface area contributed by atoms with Crippen LogP contribution in [0.3, 0.4) is 0 Å². The summed E-state index contributed by atoms with van der Waals surface area (Å²) in [6.45, 7) is 9.74. The molecule has 2 rings (SSSR count). The molecule has 0 radical (unpaired) electrons. The van der Waals surface area contributed by atoms with Crippen LogP contribution >= 0.6 is 11.6 Å². The number of aromatic nitrogens is 2. The first kappa shape index (κ1) is 19.1. The largest absolute Gasteiger partial charge is 0.493 e. The van der Waals surface area contributed by atoms with Crippen molar-refractivity contribution in [2.45, 2.75) is 53.4 Å². The Bertz CT molecular complexity index is 898. The van der Waals surface area contributed by atoms with E-state index >= 15 is 0 Å². The molecule has 7 heteroatoms. The molecule has 0 aliphatic carbocycles. The number of imidazole rings is 1. The van der Waals surface area contributed by atoms with E-state index in [0.29, 0.717) is 29.1 Å². The molecule has 1 N–H and O–H groups in total. The van der Waals surface area contributed by atoms with Crippen molar-refractivity contribution in [2.24, 2.45) is 0 Å². The molecular formula is C18H22ClN3O3. The lowest BCUT2D eigenvalue weighted by Crippen LogP contribution is -2.25. The Morgan fingerprint density at radius 2 is 2.00 bits per heavy atom. The SMILES string of the molecule is CCn1c(COC(C)(C)C)c(O)n(-c2ccc(C#N)c(Cl)c2C)c1=O. The molecule has 0 fully saturated rings. The lowest BCUT2D eigenvalue weighted by molar-refractivity contribution is -0.0184. The Morgan fingerprint density at radius 3 is 2.52 bits per heavy atom. The fourth-order valence-electron chi connectivity index (χ4n) is 2.55. The van der Waals surface area contributed by atoms with Crippen LogP contribution in [0.25, 0.3) is 5.69 Å². The van der Waals surface area contributed by atoms with Gasteiger partial charge in [0.15, 0.2) is 0 Å². The van der Waals surface area contributed by atoms with Crippen LogP contribution in [-0.4, -0.2) is 19.8 Å². The van der Waals surface area contributed by atoms with Gasteiger partial charge in [-0.1, -0.05) is 11.6 Å². The Kier molecular flexibility index (Phi) is 5.31. The lowest BCUT2D eigenvalue weighted by Gasteiger charge is -2.19. The van der Waals surface area contributed by atoms with E-state index in [4.69, 9.17) is 21.6 Å². The third-order valence-electron chi connectivity index (χ3n) is 3.90. The number of nitriles is 1. The molecule has 1 aromatic heterocycles. The summed E-state index contributed by atoms with van der Waals surface area (Å²) >= 11 is 6.20. The number of rotatable bonds is 4. The predicted molar refractivity (Wildman–Crippen MR) is 96.4 cm³/mol. The van der Waals surface area contributed by atoms with Gasteiger partial charge in [0.25, 0.3) is 0 Å². The Morgan fingerprint density at radius 1 is 1.36 bits per heavy atom. The van der Waals surface area contributed by atoms with Gasteiger partial charge in [-0.3, -0.25) is 4.57 Å². The van der Waals surface area contributed by atoms with E-state index in [1.165, 1.54) is 15.2 Å². The first-order valence-corrected chi connectivity index (χ1v) is 8.37. The van der Waals surface area contributed by atoms with Crippen LogP contribution in [0.1, 0.15) is 44.5 Å². The first-order chi connectivity index (χ1) is 11.6. The molecule has 0 bridgehead atoms. The van der Waals surface area contributed by atoms with E-state index in [2.05, 4.69) is 0 Å². The third kappa shape index (κ3) is 3.58. The van der Waals surface area contributed by atoms with Gasteiger partial charge in [-0.05, 0) is 52.3 Å². The van der Waals surface area contributed by atoms with E-state index in [9.17, 15) is 9.90 Å². The van der Waals surface area contributed by atoms with E-state index in [1.807, 2.05) is 33.8 Å². The summed E-state index contributed by atoms with van der Waals surface area (Å²) in [6, 6.07) is 5.14. The number of nitrogens with zero attached hydrogens (tertiary/aromatic N) is 3. The number of aromatic hydroxyl groups is 1. The summed E-state index contributed by atoms with van der Waals surface area (Å²) in [5.41, 5.74) is 0.933. The summed E-state index contributed by atoms with van der Waals surface area (Å²) in [5, 5.41) is 20.0. The molecule has 0 unspecified atom stereocenters. The topological polar surface area (TPSA) is 80.2 Å². The Labute approximate surface area is 151 Å². The summed E-state index contributed by atoms with van der Waals surface area (Å²) in [4.78, 5) is 12.8. The molecular weight excluding hydrogens is 342 g/mol. The van der Waals surface area contributed by atoms with Crippen LogP contribution in [0.5, 0.6) is 5.88 Å². The van der Waals surface area contributed by atoms with Crippen LogP contribution in [0, 0.1) is 18.3 Å². The molecule has 0 aliphatic rings. The van der Waals surface area contributed by atoms with Crippen LogP contribution in [-0.2, 0) is 17.9 Å². The number of hydrogen-bond donors (Lipinski definition) is 1. The molecule has 25 heavy (non-hydrogen) atoms. The van der Waals surface area contributed by atoms with Crippen molar-refractivity contribution in [3.05, 3.63) is 44.5 Å². The van der Waals surface area contributed by atoms with Crippen molar-refractivity contribution in [1.82, 2.24) is 9.13 Å². The number of hydrogen-bond acceptors (Lipinski definition) is 4. The highest BCUT2D eigenvalue weighted by Gasteiger charge is 2.23. The van der Waals surface area contributed by atoms with Gasteiger partial charge >= 0.3 is 5.69 Å². The normalized spacial score (nSPS) is 11.6. The van der Waals surface area contributed by atoms with Gasteiger partial charge in [0.2, 0.25) is 5.88 Å². The smallest absolute Gasteiger partial charge is 0.335 e. The first-order valence-electron chi connectivity index (χ1n) is 7.99. The second-order valence-electron chi connectivity index (χ2n) is 6.72. The van der Waals surface area contributed by atoms with Crippen molar-refractivity contribution in [3.63, 3.8) is 0 Å². The highest BCUT2D eigenvalue weighted by Crippen LogP contribution is 2.29. The monoisotopic (exact) mass is 363 g/mol. The zero-order chi connectivity index (χ0) is 18.9. The van der Waals surface area contributed by atoms with Crippen molar-refractivity contribution in [1.29, 1.82) is 5.26 Å². The highest BCUT2D eigenvalue weighted by atomic mass is 35.5. The lowest BCUT2D eigenvalue weighted by atomic mass is 10.1. The quantitative estimate of drug-likeness (QED) is 0.901. The minimum absolute atomic E-state index is 0.106. The third-order valence-corrected chi connectivity index (χ3v) is 4.38. The molecule has 0 aliphatic heterocycles. The zero-order valence-corrected chi connectivity index (χ0v) is 15.8. The highest BCUT2D eigenvalue weighted by molar-refractivity contribution is 6.32. The van der Waals surface area contributed by atoms with E-state index < -0.39 is 5.60 Å². The molecule has 0 spiro atoms. The summed E-state index contributed by atoms with van der Waals surface area (Å²) in [7, 11) is 0. The van der Waals surface area contributed by atoms with Gasteiger partial charge < -0.3 is 9.84 Å². The van der Waals surface area contributed by atoms with Crippen LogP contribution in [0.2, 0.25) is 5.02 Å². The fourth-order valence-corrected chi connectivity index (χ4v) is 2.75. The van der Waals surface area contributed by atoms with Crippen molar-refractivity contribution in [2.75, 3.05) is 0 Å². The molecule has 0 saturated heterocycles. The van der Waals surface area contributed by atoms with Gasteiger partial charge in [-0.15, -0.1) is 0 Å². The van der Waals surface area contributed by atoms with Gasteiger partial charge in [0.1, 0.15) is 11.8 Å². The molecule has 1 aromatic carbocycles. The average molecular weight is 364 g/mol. The maximum atomic E-state index is 12.8. The van der Waals surface area contributed by atoms with Gasteiger partial charge in [-0.25, -0.2) is 9.36 Å². The molecule has 0 amide bonds. The van der Waals surface area contributed by atoms with Crippen LogP contribution in [0.15, 0.2) is 16.9 Å². The van der Waals surface area contributed by atoms with Gasteiger partial charge in [-0.2, -0.15) is 5.26 Å². The average Bonchev–Trinajstić information content (AvgIpc) is 2.77. The number of benzene rings is 1. The summed E-state index contributed by atoms with van der Waals surface area (Å²) in [6.07, 6.45) is 0. The van der Waals surface area contributed by atoms with Gasteiger partial charge in [0.05, 0.1) is 28.5 Å². The Hall–Kier alpha value is -2.23. The molecule has 0 saturated carbocycles.